The van der Waals surface area contributed by atoms with Crippen LogP contribution in [0.5, 0.6) is 0 Å². The first kappa shape index (κ1) is 10.5. The highest BCUT2D eigenvalue weighted by atomic mass is 32.2. The van der Waals surface area contributed by atoms with Gasteiger partial charge in [0.15, 0.2) is 0 Å². The normalized spacial score (nSPS) is 34.2. The number of rotatable bonds is 3. The van der Waals surface area contributed by atoms with Gasteiger partial charge in [0.1, 0.15) is 5.78 Å². The quantitative estimate of drug-likeness (QED) is 0.714. The zero-order valence-corrected chi connectivity index (χ0v) is 9.68. The summed E-state index contributed by atoms with van der Waals surface area (Å²) in [5.41, 5.74) is 0. The summed E-state index contributed by atoms with van der Waals surface area (Å²) < 4.78 is 0. The first-order valence-corrected chi connectivity index (χ1v) is 6.74. The van der Waals surface area contributed by atoms with Gasteiger partial charge in [-0.1, -0.05) is 6.92 Å². The third-order valence-electron chi connectivity index (χ3n) is 3.29. The lowest BCUT2D eigenvalue weighted by Gasteiger charge is -2.21. The van der Waals surface area contributed by atoms with Crippen molar-refractivity contribution in [1.29, 1.82) is 0 Å². The minimum atomic E-state index is 0.289. The molecule has 1 aliphatic carbocycles. The van der Waals surface area contributed by atoms with Crippen LogP contribution in [0.15, 0.2) is 0 Å². The molecule has 2 atom stereocenters. The molecule has 2 fully saturated rings. The fourth-order valence-corrected chi connectivity index (χ4v) is 3.63. The molecule has 2 rings (SSSR count). The molecule has 0 radical (unpaired) electrons. The Morgan fingerprint density at radius 1 is 1.50 bits per heavy atom. The van der Waals surface area contributed by atoms with Crippen molar-refractivity contribution in [2.45, 2.75) is 43.9 Å². The van der Waals surface area contributed by atoms with E-state index in [4.69, 9.17) is 0 Å². The summed E-state index contributed by atoms with van der Waals surface area (Å²) >= 11 is 2.05. The van der Waals surface area contributed by atoms with Crippen LogP contribution in [0.25, 0.3) is 0 Å². The van der Waals surface area contributed by atoms with Gasteiger partial charge < -0.3 is 0 Å². The van der Waals surface area contributed by atoms with Gasteiger partial charge in [-0.15, -0.1) is 0 Å². The van der Waals surface area contributed by atoms with Gasteiger partial charge in [-0.25, -0.2) is 0 Å². The number of hydrogen-bond donors (Lipinski definition) is 0. The van der Waals surface area contributed by atoms with Crippen LogP contribution in [-0.4, -0.2) is 40.8 Å². The molecule has 3 heteroatoms. The molecular formula is C11H19NOS. The zero-order valence-electron chi connectivity index (χ0n) is 8.87. The molecule has 0 spiro atoms. The lowest BCUT2D eigenvalue weighted by atomic mass is 10.2. The molecule has 1 saturated carbocycles. The van der Waals surface area contributed by atoms with Gasteiger partial charge in [0.2, 0.25) is 0 Å². The summed E-state index contributed by atoms with van der Waals surface area (Å²) in [5.74, 6) is 1.70. The topological polar surface area (TPSA) is 20.3 Å². The highest BCUT2D eigenvalue weighted by molar-refractivity contribution is 7.99. The summed E-state index contributed by atoms with van der Waals surface area (Å²) in [7, 11) is 0. The molecule has 0 aromatic carbocycles. The Kier molecular flexibility index (Phi) is 3.50. The number of thioether (sulfide) groups is 1. The van der Waals surface area contributed by atoms with E-state index in [1.165, 1.54) is 12.2 Å². The molecule has 0 amide bonds. The van der Waals surface area contributed by atoms with Crippen molar-refractivity contribution >= 4 is 17.5 Å². The minimum Gasteiger partial charge on any atom is -0.298 e. The second-order valence-corrected chi connectivity index (χ2v) is 5.81. The van der Waals surface area contributed by atoms with Gasteiger partial charge in [-0.2, -0.15) is 11.8 Å². The molecule has 2 aliphatic rings. The van der Waals surface area contributed by atoms with Crippen LogP contribution in [0.2, 0.25) is 0 Å². The average molecular weight is 213 g/mol. The summed E-state index contributed by atoms with van der Waals surface area (Å²) in [6, 6.07) is 0.289. The molecule has 1 aliphatic heterocycles. The Morgan fingerprint density at radius 2 is 2.36 bits per heavy atom. The zero-order chi connectivity index (χ0) is 9.97. The Balaban J connectivity index is 1.85. The van der Waals surface area contributed by atoms with Gasteiger partial charge >= 0.3 is 0 Å². The van der Waals surface area contributed by atoms with E-state index in [1.54, 1.807) is 0 Å². The molecule has 0 N–H and O–H groups in total. The Morgan fingerprint density at radius 3 is 3.00 bits per heavy atom. The van der Waals surface area contributed by atoms with E-state index in [-0.39, 0.29) is 6.04 Å². The van der Waals surface area contributed by atoms with E-state index in [2.05, 4.69) is 11.8 Å². The van der Waals surface area contributed by atoms with Crippen LogP contribution in [0.1, 0.15) is 32.6 Å². The fraction of sp³-hybridized carbons (Fsp3) is 0.909. The Bertz CT molecular complexity index is 219. The SMILES string of the molecule is CCSC1CCN(C2CCCC2=O)C1. The molecule has 1 heterocycles. The number of nitrogens with zero attached hydrogens (tertiary/aromatic N) is 1. The average Bonchev–Trinajstić information content (AvgIpc) is 2.74. The molecule has 0 aromatic rings. The molecule has 2 nitrogen and oxygen atoms in total. The number of Topliss-reactive ketones (excluding diaryl/α,β-unsaturated/α-hetero) is 1. The highest BCUT2D eigenvalue weighted by Gasteiger charge is 2.34. The van der Waals surface area contributed by atoms with E-state index in [0.717, 1.165) is 37.6 Å². The van der Waals surface area contributed by atoms with E-state index < -0.39 is 0 Å². The third kappa shape index (κ3) is 2.14. The maximum atomic E-state index is 11.6. The molecule has 0 bridgehead atoms. The molecule has 14 heavy (non-hydrogen) atoms. The molecule has 80 valence electrons. The summed E-state index contributed by atoms with van der Waals surface area (Å²) in [5, 5.41) is 0.786. The van der Waals surface area contributed by atoms with Crippen LogP contribution in [0.3, 0.4) is 0 Å². The monoisotopic (exact) mass is 213 g/mol. The lowest BCUT2D eigenvalue weighted by Crippen LogP contribution is -2.36. The third-order valence-corrected chi connectivity index (χ3v) is 4.48. The maximum absolute atomic E-state index is 11.6. The summed E-state index contributed by atoms with van der Waals surface area (Å²) in [6.07, 6.45) is 4.34. The van der Waals surface area contributed by atoms with Crippen LogP contribution in [0, 0.1) is 0 Å². The van der Waals surface area contributed by atoms with Crippen molar-refractivity contribution < 1.29 is 4.79 Å². The van der Waals surface area contributed by atoms with Gasteiger partial charge in [-0.05, 0) is 25.0 Å². The minimum absolute atomic E-state index is 0.289. The first-order valence-electron chi connectivity index (χ1n) is 5.69. The van der Waals surface area contributed by atoms with E-state index in [1.807, 2.05) is 11.8 Å². The van der Waals surface area contributed by atoms with Crippen molar-refractivity contribution in [1.82, 2.24) is 4.90 Å². The van der Waals surface area contributed by atoms with Crippen LogP contribution < -0.4 is 0 Å². The van der Waals surface area contributed by atoms with Crippen molar-refractivity contribution in [3.63, 3.8) is 0 Å². The first-order chi connectivity index (χ1) is 6.81. The standard InChI is InChI=1S/C11H19NOS/c1-2-14-9-6-7-12(8-9)10-4-3-5-11(10)13/h9-10H,2-8H2,1H3. The summed E-state index contributed by atoms with van der Waals surface area (Å²) in [4.78, 5) is 14.0. The molecule has 2 unspecified atom stereocenters. The van der Waals surface area contributed by atoms with Crippen molar-refractivity contribution in [2.24, 2.45) is 0 Å². The highest BCUT2D eigenvalue weighted by Crippen LogP contribution is 2.28. The number of carbonyl (C=O) groups excluding carboxylic acids is 1. The van der Waals surface area contributed by atoms with Gasteiger partial charge in [0, 0.05) is 24.8 Å². The van der Waals surface area contributed by atoms with Crippen molar-refractivity contribution in [3.8, 4) is 0 Å². The van der Waals surface area contributed by atoms with Crippen molar-refractivity contribution in [3.05, 3.63) is 0 Å². The molecular weight excluding hydrogens is 194 g/mol. The second-order valence-electron chi connectivity index (χ2n) is 4.24. The fourth-order valence-electron chi connectivity index (χ4n) is 2.59. The van der Waals surface area contributed by atoms with E-state index in [0.29, 0.717) is 5.78 Å². The van der Waals surface area contributed by atoms with E-state index >= 15 is 0 Å². The number of likely N-dealkylation sites (tertiary alicyclic amines) is 1. The smallest absolute Gasteiger partial charge is 0.149 e. The predicted molar refractivity (Wildman–Crippen MR) is 60.8 cm³/mol. The number of carbonyl (C=O) groups is 1. The molecule has 1 saturated heterocycles. The maximum Gasteiger partial charge on any atom is 0.149 e. The van der Waals surface area contributed by atoms with Crippen LogP contribution >= 0.6 is 11.8 Å². The Labute approximate surface area is 90.4 Å². The lowest BCUT2D eigenvalue weighted by molar-refractivity contribution is -0.121. The van der Waals surface area contributed by atoms with Gasteiger partial charge in [-0.3, -0.25) is 9.69 Å². The van der Waals surface area contributed by atoms with Crippen molar-refractivity contribution in [2.75, 3.05) is 18.8 Å². The number of ketones is 1. The summed E-state index contributed by atoms with van der Waals surface area (Å²) in [6.45, 7) is 4.51. The van der Waals surface area contributed by atoms with Gasteiger partial charge in [0.25, 0.3) is 0 Å². The Hall–Kier alpha value is -0.0200. The van der Waals surface area contributed by atoms with Crippen LogP contribution in [0.4, 0.5) is 0 Å². The molecule has 0 aromatic heterocycles. The largest absolute Gasteiger partial charge is 0.298 e. The predicted octanol–water partition coefficient (Wildman–Crippen LogP) is 1.94. The van der Waals surface area contributed by atoms with Gasteiger partial charge in [0.05, 0.1) is 6.04 Å². The number of hydrogen-bond acceptors (Lipinski definition) is 3. The second kappa shape index (κ2) is 4.67. The van der Waals surface area contributed by atoms with Crippen LogP contribution in [-0.2, 0) is 4.79 Å². The van der Waals surface area contributed by atoms with E-state index in [9.17, 15) is 4.79 Å².